The first-order valence-electron chi connectivity index (χ1n) is 22.4. The van der Waals surface area contributed by atoms with Crippen LogP contribution in [-0.4, -0.2) is 112 Å². The van der Waals surface area contributed by atoms with Crippen molar-refractivity contribution < 1.29 is 53.8 Å². The molecule has 0 saturated heterocycles. The van der Waals surface area contributed by atoms with E-state index >= 15 is 0 Å². The highest BCUT2D eigenvalue weighted by Crippen LogP contribution is 2.25. The lowest BCUT2D eigenvalue weighted by molar-refractivity contribution is 0.0457. The Morgan fingerprint density at radius 2 is 0.681 bits per heavy atom. The van der Waals surface area contributed by atoms with Gasteiger partial charge < -0.3 is 30.2 Å². The molecule has 6 rings (SSSR count). The summed E-state index contributed by atoms with van der Waals surface area (Å²) in [5, 5.41) is 34.0. The van der Waals surface area contributed by atoms with E-state index in [9.17, 15) is 39.6 Å². The third-order valence-corrected chi connectivity index (χ3v) is 14.2. The van der Waals surface area contributed by atoms with Gasteiger partial charge in [-0.1, -0.05) is 0 Å². The maximum Gasteiger partial charge on any atom is 0.407 e. The lowest BCUT2D eigenvalue weighted by Gasteiger charge is -2.36. The van der Waals surface area contributed by atoms with Gasteiger partial charge in [-0.15, -0.1) is 0 Å². The molecule has 0 unspecified atom stereocenters. The van der Waals surface area contributed by atoms with E-state index in [0.29, 0.717) is 38.5 Å². The largest absolute Gasteiger partial charge is 0.444 e. The summed E-state index contributed by atoms with van der Waals surface area (Å²) in [5.41, 5.74) is -1.06. The van der Waals surface area contributed by atoms with Crippen LogP contribution in [0, 0.1) is 34.0 Å². The predicted octanol–water partition coefficient (Wildman–Crippen LogP) is 3.86. The zero-order valence-corrected chi connectivity index (χ0v) is 43.7. The number of ether oxygens (including phenoxy) is 3. The topological polar surface area (TPSA) is 364 Å². The molecule has 72 heavy (non-hydrogen) atoms. The minimum atomic E-state index is -3.79. The van der Waals surface area contributed by atoms with Crippen molar-refractivity contribution in [2.24, 2.45) is 0 Å². The molecule has 27 heteroatoms. The van der Waals surface area contributed by atoms with Crippen LogP contribution in [0.25, 0.3) is 0 Å². The number of carbonyl (C=O) groups excluding carboxylic acids is 3. The third kappa shape index (κ3) is 19.2. The smallest absolute Gasteiger partial charge is 0.407 e. The molecule has 0 aliphatic heterocycles. The molecule has 24 nitrogen and oxygen atoms in total. The summed E-state index contributed by atoms with van der Waals surface area (Å²) in [5.74, 6) is 0. The highest BCUT2D eigenvalue weighted by Gasteiger charge is 2.37. The molecule has 0 aromatic carbocycles. The van der Waals surface area contributed by atoms with Crippen LogP contribution >= 0.6 is 0 Å². The molecule has 3 fully saturated rings. The van der Waals surface area contributed by atoms with Crippen LogP contribution in [0.15, 0.2) is 70.1 Å². The maximum absolute atomic E-state index is 12.2. The molecule has 0 atom stereocenters. The third-order valence-electron chi connectivity index (χ3n) is 9.96. The number of alkyl carbamates (subject to hydrolysis) is 3. The van der Waals surface area contributed by atoms with Crippen LogP contribution < -0.4 is 30.1 Å². The zero-order chi connectivity index (χ0) is 53.9. The Morgan fingerprint density at radius 3 is 0.875 bits per heavy atom. The number of sulfonamides is 3. The number of pyridine rings is 3. The Hall–Kier alpha value is -6.54. The summed E-state index contributed by atoms with van der Waals surface area (Å²) in [4.78, 5) is 46.3. The highest BCUT2D eigenvalue weighted by molar-refractivity contribution is 7.90. The van der Waals surface area contributed by atoms with Crippen molar-refractivity contribution in [2.75, 3.05) is 0 Å². The van der Waals surface area contributed by atoms with Gasteiger partial charge in [0.15, 0.2) is 15.1 Å². The van der Waals surface area contributed by atoms with Crippen molar-refractivity contribution in [1.29, 1.82) is 15.8 Å². The van der Waals surface area contributed by atoms with Gasteiger partial charge in [0.2, 0.25) is 0 Å². The Kier molecular flexibility index (Phi) is 19.2. The Labute approximate surface area is 420 Å². The minimum Gasteiger partial charge on any atom is -0.444 e. The number of hydrogen-bond acceptors (Lipinski definition) is 18. The van der Waals surface area contributed by atoms with Crippen LogP contribution in [0.5, 0.6) is 0 Å². The average molecular weight is 1060 g/mol. The van der Waals surface area contributed by atoms with E-state index < -0.39 is 65.2 Å². The molecular weight excluding hydrogens is 997 g/mol. The predicted molar refractivity (Wildman–Crippen MR) is 256 cm³/mol. The lowest BCUT2D eigenvalue weighted by atomic mass is 9.88. The molecule has 3 aliphatic rings. The number of aromatic nitrogens is 3. The quantitative estimate of drug-likeness (QED) is 0.140. The Morgan fingerprint density at radius 1 is 0.458 bits per heavy atom. The summed E-state index contributed by atoms with van der Waals surface area (Å²) >= 11 is 0. The van der Waals surface area contributed by atoms with E-state index in [-0.39, 0.29) is 68.0 Å². The average Bonchev–Trinajstić information content (AvgIpc) is 3.22. The molecule has 3 saturated carbocycles. The Balaban J connectivity index is 0.000000234. The van der Waals surface area contributed by atoms with E-state index in [2.05, 4.69) is 45.1 Å². The van der Waals surface area contributed by atoms with Crippen molar-refractivity contribution in [2.45, 2.75) is 169 Å². The number of carbonyl (C=O) groups is 3. The summed E-state index contributed by atoms with van der Waals surface area (Å²) in [6.07, 6.45) is 5.10. The van der Waals surface area contributed by atoms with Crippen LogP contribution in [0.2, 0.25) is 0 Å². The SMILES string of the molecule is CC(C)(C)OC(=O)NC1CC(NS(=O)(=O)c2cc(C#N)ccn2)C1.CC(C)(C)OC(=O)NC1CC(NS(=O)(=O)c2cc(C#N)ccn2)C1.CC(C)(C)OC(=O)NC1CC(NS(=O)(=O)c2cc(C#N)ccn2)C1. The molecule has 6 N–H and O–H groups in total. The number of nitriles is 3. The summed E-state index contributed by atoms with van der Waals surface area (Å²) in [7, 11) is -11.4. The number of rotatable bonds is 12. The van der Waals surface area contributed by atoms with Crippen molar-refractivity contribution >= 4 is 48.3 Å². The van der Waals surface area contributed by atoms with Crippen molar-refractivity contribution in [3.63, 3.8) is 0 Å². The van der Waals surface area contributed by atoms with Gasteiger partial charge in [-0.25, -0.2) is 68.8 Å². The van der Waals surface area contributed by atoms with Crippen LogP contribution in [0.4, 0.5) is 14.4 Å². The highest BCUT2D eigenvalue weighted by atomic mass is 32.2. The van der Waals surface area contributed by atoms with Gasteiger partial charge in [0.1, 0.15) is 16.8 Å². The summed E-state index contributed by atoms with van der Waals surface area (Å²) in [6, 6.07) is 12.3. The van der Waals surface area contributed by atoms with Gasteiger partial charge >= 0.3 is 18.3 Å². The fourth-order valence-corrected chi connectivity index (χ4v) is 10.3. The molecule has 3 aliphatic carbocycles. The van der Waals surface area contributed by atoms with Crippen molar-refractivity contribution in [3.8, 4) is 18.2 Å². The number of nitrogens with one attached hydrogen (secondary N) is 6. The van der Waals surface area contributed by atoms with Gasteiger partial charge in [-0.05, 0) is 137 Å². The van der Waals surface area contributed by atoms with E-state index in [1.54, 1.807) is 62.3 Å². The first kappa shape index (κ1) is 58.0. The molecular formula is C45H60N12O12S3. The fourth-order valence-electron chi connectivity index (χ4n) is 6.64. The van der Waals surface area contributed by atoms with E-state index in [1.165, 1.54) is 55.0 Å². The van der Waals surface area contributed by atoms with Gasteiger partial charge in [0, 0.05) is 54.8 Å². The van der Waals surface area contributed by atoms with Crippen LogP contribution in [-0.2, 0) is 44.3 Å². The summed E-state index contributed by atoms with van der Waals surface area (Å²) in [6.45, 7) is 15.9. The minimum absolute atomic E-state index is 0.133. The van der Waals surface area contributed by atoms with Gasteiger partial charge in [-0.3, -0.25) is 0 Å². The van der Waals surface area contributed by atoms with E-state index in [1.807, 2.05) is 18.2 Å². The van der Waals surface area contributed by atoms with Crippen molar-refractivity contribution in [1.82, 2.24) is 45.1 Å². The number of amides is 3. The lowest BCUT2D eigenvalue weighted by Crippen LogP contribution is -2.54. The fraction of sp³-hybridized carbons (Fsp3) is 0.533. The molecule has 0 spiro atoms. The van der Waals surface area contributed by atoms with E-state index in [4.69, 9.17) is 30.0 Å². The first-order chi connectivity index (χ1) is 33.3. The van der Waals surface area contributed by atoms with Gasteiger partial charge in [0.05, 0.1) is 34.9 Å². The second-order valence-corrected chi connectivity index (χ2v) is 24.9. The molecule has 3 aromatic rings. The number of hydrogen-bond donors (Lipinski definition) is 6. The van der Waals surface area contributed by atoms with Crippen LogP contribution in [0.1, 0.15) is 118 Å². The number of nitrogens with zero attached hydrogens (tertiary/aromatic N) is 6. The Bertz CT molecular complexity index is 2590. The zero-order valence-electron chi connectivity index (χ0n) is 41.2. The molecule has 390 valence electrons. The monoisotopic (exact) mass is 1060 g/mol. The second kappa shape index (κ2) is 23.8. The summed E-state index contributed by atoms with van der Waals surface area (Å²) < 4.78 is 96.3. The molecule has 0 radical (unpaired) electrons. The second-order valence-electron chi connectivity index (χ2n) is 19.9. The van der Waals surface area contributed by atoms with Crippen molar-refractivity contribution in [3.05, 3.63) is 71.7 Å². The standard InChI is InChI=1S/3C15H20N4O4S/c3*1-15(2,3)23-14(20)18-11-7-12(8-11)19-24(21,22)13-6-10(9-16)4-5-17-13/h3*4-6,11-12,19H,7-8H2,1-3H3,(H,18,20). The van der Waals surface area contributed by atoms with E-state index in [0.717, 1.165) is 0 Å². The van der Waals surface area contributed by atoms with Crippen LogP contribution in [0.3, 0.4) is 0 Å². The normalized spacial score (nSPS) is 20.6. The molecule has 3 heterocycles. The van der Waals surface area contributed by atoms with Gasteiger partial charge in [-0.2, -0.15) is 15.8 Å². The molecule has 3 amide bonds. The van der Waals surface area contributed by atoms with Gasteiger partial charge in [0.25, 0.3) is 30.1 Å². The molecule has 3 aromatic heterocycles. The first-order valence-corrected chi connectivity index (χ1v) is 26.9. The molecule has 0 bridgehead atoms. The maximum atomic E-state index is 12.2.